The third-order valence-corrected chi connectivity index (χ3v) is 8.28. The van der Waals surface area contributed by atoms with Crippen LogP contribution in [0.4, 0.5) is 0 Å². The quantitative estimate of drug-likeness (QED) is 0.157. The van der Waals surface area contributed by atoms with Crippen molar-refractivity contribution >= 4 is 27.3 Å². The minimum Gasteiger partial charge on any atom is -0.488 e. The van der Waals surface area contributed by atoms with Crippen LogP contribution in [0.5, 0.6) is 5.75 Å². The Hall–Kier alpha value is -3.76. The number of hydrogen-bond acceptors (Lipinski definition) is 7. The summed E-state index contributed by atoms with van der Waals surface area (Å²) in [5.74, 6) is -0.557. The van der Waals surface area contributed by atoms with Gasteiger partial charge >= 0.3 is 0 Å². The summed E-state index contributed by atoms with van der Waals surface area (Å²) in [7, 11) is -3.88. The molecular formula is C30H30ClN3O5S. The molecule has 0 aliphatic carbocycles. The second kappa shape index (κ2) is 13.5. The summed E-state index contributed by atoms with van der Waals surface area (Å²) >= 11 is 5.77. The fourth-order valence-corrected chi connectivity index (χ4v) is 5.46. The average Bonchev–Trinajstić information content (AvgIpc) is 2.96. The Labute approximate surface area is 238 Å². The van der Waals surface area contributed by atoms with E-state index in [2.05, 4.69) is 10.3 Å². The smallest absolute Gasteiger partial charge is 0.252 e. The summed E-state index contributed by atoms with van der Waals surface area (Å²) in [4.78, 5) is 16.1. The van der Waals surface area contributed by atoms with Gasteiger partial charge in [-0.05, 0) is 66.9 Å². The number of aromatic nitrogens is 1. The number of primary amides is 1. The van der Waals surface area contributed by atoms with Crippen LogP contribution in [0.25, 0.3) is 0 Å². The first kappa shape index (κ1) is 29.2. The Bertz CT molecular complexity index is 1530. The molecule has 1 heterocycles. The number of aliphatic hydroxyl groups is 1. The standard InChI is InChI=1S/C30H30ClN3O5S/c31-29-15-10-23(18-34-29)27(35)19-33-16-4-7-21-8-11-24(12-9-21)40(37,38)25-13-14-28(26(17-25)30(32)36)39-20-22-5-2-1-3-6-22/h1-3,5-6,8-15,17-18,27,33,35H,4,7,16,19-20H2,(H2,32,36)/t27-/m1/s1. The Morgan fingerprint density at radius 3 is 2.38 bits per heavy atom. The monoisotopic (exact) mass is 579 g/mol. The van der Waals surface area contributed by atoms with Gasteiger partial charge in [0.25, 0.3) is 5.91 Å². The second-order valence-corrected chi connectivity index (χ2v) is 11.5. The molecule has 8 nitrogen and oxygen atoms in total. The number of ether oxygens (including phenoxy) is 1. The van der Waals surface area contributed by atoms with Crippen molar-refractivity contribution in [2.75, 3.05) is 13.1 Å². The van der Waals surface area contributed by atoms with E-state index in [0.717, 1.165) is 24.0 Å². The van der Waals surface area contributed by atoms with E-state index in [1.165, 1.54) is 18.2 Å². The summed E-state index contributed by atoms with van der Waals surface area (Å²) in [6, 6.07) is 23.6. The molecule has 0 saturated carbocycles. The van der Waals surface area contributed by atoms with Crippen molar-refractivity contribution in [1.29, 1.82) is 0 Å². The number of nitrogens with one attached hydrogen (secondary N) is 1. The summed E-state index contributed by atoms with van der Waals surface area (Å²) in [6.07, 6.45) is 2.39. The van der Waals surface area contributed by atoms with Gasteiger partial charge < -0.3 is 20.9 Å². The number of benzene rings is 3. The second-order valence-electron chi connectivity index (χ2n) is 9.18. The summed E-state index contributed by atoms with van der Waals surface area (Å²) < 4.78 is 32.3. The topological polar surface area (TPSA) is 132 Å². The summed E-state index contributed by atoms with van der Waals surface area (Å²) in [5, 5.41) is 13.8. The van der Waals surface area contributed by atoms with Gasteiger partial charge in [0.1, 0.15) is 17.5 Å². The largest absolute Gasteiger partial charge is 0.488 e. The fourth-order valence-electron chi connectivity index (χ4n) is 4.06. The van der Waals surface area contributed by atoms with Crippen LogP contribution in [0.1, 0.15) is 39.6 Å². The molecule has 1 atom stereocenters. The van der Waals surface area contributed by atoms with Crippen molar-refractivity contribution < 1.29 is 23.1 Å². The number of amides is 1. The number of nitrogens with zero attached hydrogens (tertiary/aromatic N) is 1. The zero-order chi connectivity index (χ0) is 28.5. The molecule has 0 bridgehead atoms. The van der Waals surface area contributed by atoms with Crippen molar-refractivity contribution in [2.24, 2.45) is 5.73 Å². The predicted molar refractivity (Wildman–Crippen MR) is 153 cm³/mol. The molecule has 208 valence electrons. The average molecular weight is 580 g/mol. The molecule has 4 rings (SSSR count). The third-order valence-electron chi connectivity index (χ3n) is 6.29. The first-order valence-electron chi connectivity index (χ1n) is 12.7. The Morgan fingerprint density at radius 2 is 1.70 bits per heavy atom. The van der Waals surface area contributed by atoms with Gasteiger partial charge in [0.15, 0.2) is 0 Å². The van der Waals surface area contributed by atoms with Gasteiger partial charge in [-0.3, -0.25) is 4.79 Å². The normalized spacial score (nSPS) is 12.2. The van der Waals surface area contributed by atoms with Gasteiger partial charge in [-0.1, -0.05) is 60.1 Å². The molecule has 0 spiro atoms. The van der Waals surface area contributed by atoms with Crippen LogP contribution in [0, 0.1) is 0 Å². The number of hydrogen-bond donors (Lipinski definition) is 3. The SMILES string of the molecule is NC(=O)c1cc(S(=O)(=O)c2ccc(CCCNC[C@@H](O)c3ccc(Cl)nc3)cc2)ccc1OCc1ccccc1. The van der Waals surface area contributed by atoms with Crippen LogP contribution in [-0.2, 0) is 22.9 Å². The Balaban J connectivity index is 1.33. The highest BCUT2D eigenvalue weighted by Gasteiger charge is 2.21. The zero-order valence-corrected chi connectivity index (χ0v) is 23.2. The number of rotatable bonds is 13. The van der Waals surface area contributed by atoms with Crippen molar-refractivity contribution in [1.82, 2.24) is 10.3 Å². The zero-order valence-electron chi connectivity index (χ0n) is 21.7. The van der Waals surface area contributed by atoms with Gasteiger partial charge in [-0.2, -0.15) is 0 Å². The number of carbonyl (C=O) groups is 1. The molecule has 10 heteroatoms. The number of sulfone groups is 1. The van der Waals surface area contributed by atoms with E-state index in [-0.39, 0.29) is 27.7 Å². The minimum absolute atomic E-state index is 0.00132. The third kappa shape index (κ3) is 7.67. The van der Waals surface area contributed by atoms with Gasteiger partial charge in [-0.15, -0.1) is 0 Å². The Kier molecular flexibility index (Phi) is 9.89. The molecule has 0 saturated heterocycles. The fraction of sp³-hybridized carbons (Fsp3) is 0.200. The van der Waals surface area contributed by atoms with Crippen LogP contribution >= 0.6 is 11.6 Å². The summed E-state index contributed by atoms with van der Waals surface area (Å²) in [5.41, 5.74) is 8.10. The van der Waals surface area contributed by atoms with Gasteiger partial charge in [0.05, 0.1) is 21.5 Å². The first-order chi connectivity index (χ1) is 19.2. The van der Waals surface area contributed by atoms with Crippen molar-refractivity contribution in [3.8, 4) is 5.75 Å². The van der Waals surface area contributed by atoms with Crippen molar-refractivity contribution in [3.05, 3.63) is 119 Å². The highest BCUT2D eigenvalue weighted by Crippen LogP contribution is 2.28. The van der Waals surface area contributed by atoms with Crippen LogP contribution in [0.2, 0.25) is 5.15 Å². The molecule has 4 N–H and O–H groups in total. The lowest BCUT2D eigenvalue weighted by molar-refractivity contribution is 0.0995. The number of halogens is 1. The lowest BCUT2D eigenvalue weighted by atomic mass is 10.1. The molecule has 3 aromatic carbocycles. The maximum absolute atomic E-state index is 13.3. The molecule has 0 fully saturated rings. The number of aliphatic hydroxyl groups excluding tert-OH is 1. The van der Waals surface area contributed by atoms with Gasteiger partial charge in [-0.25, -0.2) is 13.4 Å². The molecule has 0 unspecified atom stereocenters. The van der Waals surface area contributed by atoms with E-state index >= 15 is 0 Å². The highest BCUT2D eigenvalue weighted by molar-refractivity contribution is 7.91. The molecule has 0 aliphatic rings. The molecule has 40 heavy (non-hydrogen) atoms. The van der Waals surface area contributed by atoms with E-state index in [1.54, 1.807) is 42.6 Å². The predicted octanol–water partition coefficient (Wildman–Crippen LogP) is 4.50. The van der Waals surface area contributed by atoms with Crippen LogP contribution in [-0.4, -0.2) is 37.5 Å². The van der Waals surface area contributed by atoms with Crippen LogP contribution in [0.15, 0.2) is 101 Å². The number of nitrogens with two attached hydrogens (primary N) is 1. The van der Waals surface area contributed by atoms with Crippen LogP contribution in [0.3, 0.4) is 0 Å². The van der Waals surface area contributed by atoms with E-state index in [4.69, 9.17) is 22.1 Å². The maximum Gasteiger partial charge on any atom is 0.252 e. The minimum atomic E-state index is -3.88. The molecule has 4 aromatic rings. The number of carbonyl (C=O) groups excluding carboxylic acids is 1. The molecule has 1 aromatic heterocycles. The van der Waals surface area contributed by atoms with Crippen molar-refractivity contribution in [3.63, 3.8) is 0 Å². The van der Waals surface area contributed by atoms with Crippen LogP contribution < -0.4 is 15.8 Å². The Morgan fingerprint density at radius 1 is 0.975 bits per heavy atom. The molecule has 0 radical (unpaired) electrons. The lowest BCUT2D eigenvalue weighted by Gasteiger charge is -2.13. The van der Waals surface area contributed by atoms with Crippen molar-refractivity contribution in [2.45, 2.75) is 35.3 Å². The lowest BCUT2D eigenvalue weighted by Crippen LogP contribution is -2.23. The summed E-state index contributed by atoms with van der Waals surface area (Å²) in [6.45, 7) is 1.27. The molecular weight excluding hydrogens is 550 g/mol. The maximum atomic E-state index is 13.3. The van der Waals surface area contributed by atoms with E-state index in [9.17, 15) is 18.3 Å². The number of aryl methyl sites for hydroxylation is 1. The molecule has 0 aliphatic heterocycles. The van der Waals surface area contributed by atoms with E-state index < -0.39 is 21.8 Å². The van der Waals surface area contributed by atoms with Gasteiger partial charge in [0, 0.05) is 18.3 Å². The van der Waals surface area contributed by atoms with Gasteiger partial charge in [0.2, 0.25) is 9.84 Å². The molecule has 1 amide bonds. The first-order valence-corrected chi connectivity index (χ1v) is 14.5. The number of pyridine rings is 1. The van der Waals surface area contributed by atoms with E-state index in [1.807, 2.05) is 30.3 Å². The van der Waals surface area contributed by atoms with E-state index in [0.29, 0.717) is 23.8 Å². The highest BCUT2D eigenvalue weighted by atomic mass is 35.5.